The van der Waals surface area contributed by atoms with Crippen LogP contribution in [0.3, 0.4) is 0 Å². The van der Waals surface area contributed by atoms with Gasteiger partial charge in [-0.2, -0.15) is 11.8 Å². The Balaban J connectivity index is 1.61. The van der Waals surface area contributed by atoms with Gasteiger partial charge in [0, 0.05) is 25.7 Å². The monoisotopic (exact) mass is 327 g/mol. The van der Waals surface area contributed by atoms with E-state index in [9.17, 15) is 4.79 Å². The molecule has 1 aromatic rings. The smallest absolute Gasteiger partial charge is 0.265 e. The van der Waals surface area contributed by atoms with E-state index in [1.165, 1.54) is 23.5 Å². The molecule has 3 rings (SSSR count). The van der Waals surface area contributed by atoms with E-state index < -0.39 is 0 Å². The van der Waals surface area contributed by atoms with Crippen LogP contribution in [0.4, 0.5) is 10.9 Å². The number of aromatic nitrogens is 1. The quantitative estimate of drug-likeness (QED) is 0.755. The zero-order chi connectivity index (χ0) is 14.8. The van der Waals surface area contributed by atoms with Crippen molar-refractivity contribution in [1.82, 2.24) is 10.3 Å². The van der Waals surface area contributed by atoms with Gasteiger partial charge >= 0.3 is 0 Å². The molecule has 3 heterocycles. The lowest BCUT2D eigenvalue weighted by Crippen LogP contribution is -2.29. The maximum atomic E-state index is 12.2. The van der Waals surface area contributed by atoms with Crippen molar-refractivity contribution < 1.29 is 4.79 Å². The number of thioether (sulfide) groups is 1. The van der Waals surface area contributed by atoms with Crippen LogP contribution in [0, 0.1) is 5.92 Å². The summed E-state index contributed by atoms with van der Waals surface area (Å²) in [5, 5.41) is 3.80. The highest BCUT2D eigenvalue weighted by atomic mass is 32.2. The summed E-state index contributed by atoms with van der Waals surface area (Å²) in [7, 11) is 0. The SMILES string of the molecule is Nc1nc(N2CCC(N)C2)sc1C(=O)NCC1CCSC1. The Morgan fingerprint density at radius 3 is 3.00 bits per heavy atom. The number of nitrogens with two attached hydrogens (primary N) is 2. The number of carbonyl (C=O) groups is 1. The third-order valence-corrected chi connectivity index (χ3v) is 6.28. The molecule has 1 amide bonds. The Hall–Kier alpha value is -0.990. The lowest BCUT2D eigenvalue weighted by atomic mass is 10.1. The first-order valence-electron chi connectivity index (χ1n) is 7.26. The number of nitrogens with one attached hydrogen (secondary N) is 1. The number of carbonyl (C=O) groups excluding carboxylic acids is 1. The number of hydrogen-bond acceptors (Lipinski definition) is 7. The standard InChI is InChI=1S/C13H21N5OS2/c14-9-1-3-18(6-9)13-17-11(15)10(21-13)12(19)16-5-8-2-4-20-7-8/h8-9H,1-7,14-15H2,(H,16,19). The lowest BCUT2D eigenvalue weighted by molar-refractivity contribution is 0.0953. The molecular formula is C13H21N5OS2. The molecule has 0 bridgehead atoms. The Labute approximate surface area is 132 Å². The van der Waals surface area contributed by atoms with Crippen molar-refractivity contribution in [3.8, 4) is 0 Å². The van der Waals surface area contributed by atoms with Crippen molar-refractivity contribution in [1.29, 1.82) is 0 Å². The van der Waals surface area contributed by atoms with Crippen molar-refractivity contribution in [2.45, 2.75) is 18.9 Å². The van der Waals surface area contributed by atoms with E-state index in [0.717, 1.165) is 36.9 Å². The first-order valence-corrected chi connectivity index (χ1v) is 9.23. The molecule has 1 aromatic heterocycles. The van der Waals surface area contributed by atoms with Gasteiger partial charge in [0.1, 0.15) is 10.7 Å². The summed E-state index contributed by atoms with van der Waals surface area (Å²) >= 11 is 3.32. The molecule has 2 unspecified atom stereocenters. The van der Waals surface area contributed by atoms with Gasteiger partial charge in [0.05, 0.1) is 0 Å². The van der Waals surface area contributed by atoms with Crippen LogP contribution >= 0.6 is 23.1 Å². The van der Waals surface area contributed by atoms with E-state index in [-0.39, 0.29) is 11.9 Å². The average Bonchev–Trinajstić information content (AvgIpc) is 3.16. The molecule has 0 aromatic carbocycles. The molecule has 2 atom stereocenters. The van der Waals surface area contributed by atoms with Gasteiger partial charge in [-0.1, -0.05) is 11.3 Å². The number of thiazole rings is 1. The van der Waals surface area contributed by atoms with E-state index in [1.807, 2.05) is 11.8 Å². The molecule has 0 aliphatic carbocycles. The molecule has 116 valence electrons. The maximum Gasteiger partial charge on any atom is 0.265 e. The van der Waals surface area contributed by atoms with Gasteiger partial charge in [-0.15, -0.1) is 0 Å². The molecule has 2 saturated heterocycles. The van der Waals surface area contributed by atoms with Crippen LogP contribution in [-0.4, -0.2) is 48.1 Å². The highest BCUT2D eigenvalue weighted by Crippen LogP contribution is 2.30. The number of anilines is 2. The fourth-order valence-corrected chi connectivity index (χ4v) is 4.86. The summed E-state index contributed by atoms with van der Waals surface area (Å²) in [5.41, 5.74) is 11.8. The molecule has 2 aliphatic heterocycles. The minimum atomic E-state index is -0.100. The fourth-order valence-electron chi connectivity index (χ4n) is 2.64. The van der Waals surface area contributed by atoms with Gasteiger partial charge in [-0.3, -0.25) is 4.79 Å². The van der Waals surface area contributed by atoms with Crippen LogP contribution in [0.25, 0.3) is 0 Å². The molecule has 2 fully saturated rings. The topological polar surface area (TPSA) is 97.3 Å². The summed E-state index contributed by atoms with van der Waals surface area (Å²) in [6.45, 7) is 2.40. The normalized spacial score (nSPS) is 25.5. The predicted molar refractivity (Wildman–Crippen MR) is 89.1 cm³/mol. The highest BCUT2D eigenvalue weighted by molar-refractivity contribution is 7.99. The molecule has 0 spiro atoms. The van der Waals surface area contributed by atoms with Gasteiger partial charge in [-0.25, -0.2) is 4.98 Å². The fraction of sp³-hybridized carbons (Fsp3) is 0.692. The van der Waals surface area contributed by atoms with Crippen LogP contribution in [0.1, 0.15) is 22.5 Å². The predicted octanol–water partition coefficient (Wildman–Crippen LogP) is 0.746. The molecule has 2 aliphatic rings. The van der Waals surface area contributed by atoms with E-state index in [4.69, 9.17) is 11.5 Å². The van der Waals surface area contributed by atoms with Crippen LogP contribution in [0.2, 0.25) is 0 Å². The number of hydrogen-bond donors (Lipinski definition) is 3. The Kier molecular flexibility index (Phi) is 4.56. The Bertz CT molecular complexity index is 515. The van der Waals surface area contributed by atoms with Crippen LogP contribution in [-0.2, 0) is 0 Å². The van der Waals surface area contributed by atoms with E-state index in [1.54, 1.807) is 0 Å². The van der Waals surface area contributed by atoms with Gasteiger partial charge in [0.2, 0.25) is 0 Å². The van der Waals surface area contributed by atoms with Crippen molar-refractivity contribution in [2.75, 3.05) is 41.8 Å². The second-order valence-corrected chi connectivity index (χ2v) is 7.77. The zero-order valence-electron chi connectivity index (χ0n) is 11.9. The molecule has 8 heteroatoms. The maximum absolute atomic E-state index is 12.2. The van der Waals surface area contributed by atoms with Crippen molar-refractivity contribution in [3.63, 3.8) is 0 Å². The van der Waals surface area contributed by atoms with Crippen LogP contribution in [0.5, 0.6) is 0 Å². The second-order valence-electron chi connectivity index (χ2n) is 5.65. The number of nitrogens with zero attached hydrogens (tertiary/aromatic N) is 2. The highest BCUT2D eigenvalue weighted by Gasteiger charge is 2.25. The first kappa shape index (κ1) is 14.9. The molecule has 0 radical (unpaired) electrons. The van der Waals surface area contributed by atoms with Gasteiger partial charge in [-0.05, 0) is 30.3 Å². The summed E-state index contributed by atoms with van der Waals surface area (Å²) in [4.78, 5) is 19.2. The minimum absolute atomic E-state index is 0.100. The van der Waals surface area contributed by atoms with E-state index in [2.05, 4.69) is 15.2 Å². The third-order valence-electron chi connectivity index (χ3n) is 3.92. The molecular weight excluding hydrogens is 306 g/mol. The Morgan fingerprint density at radius 2 is 2.33 bits per heavy atom. The zero-order valence-corrected chi connectivity index (χ0v) is 13.5. The number of nitrogen functional groups attached to an aromatic ring is 1. The van der Waals surface area contributed by atoms with Gasteiger partial charge < -0.3 is 21.7 Å². The molecule has 5 N–H and O–H groups in total. The number of rotatable bonds is 4. The minimum Gasteiger partial charge on any atom is -0.382 e. The molecule has 6 nitrogen and oxygen atoms in total. The van der Waals surface area contributed by atoms with Crippen LogP contribution < -0.4 is 21.7 Å². The largest absolute Gasteiger partial charge is 0.382 e. The summed E-state index contributed by atoms with van der Waals surface area (Å²) < 4.78 is 0. The van der Waals surface area contributed by atoms with E-state index >= 15 is 0 Å². The van der Waals surface area contributed by atoms with E-state index in [0.29, 0.717) is 16.6 Å². The average molecular weight is 327 g/mol. The summed E-state index contributed by atoms with van der Waals surface area (Å²) in [5.74, 6) is 3.15. The van der Waals surface area contributed by atoms with Crippen molar-refractivity contribution in [2.24, 2.45) is 11.7 Å². The summed E-state index contributed by atoms with van der Waals surface area (Å²) in [6.07, 6.45) is 2.14. The lowest BCUT2D eigenvalue weighted by Gasteiger charge is -2.13. The Morgan fingerprint density at radius 1 is 1.48 bits per heavy atom. The molecule has 0 saturated carbocycles. The van der Waals surface area contributed by atoms with Crippen molar-refractivity contribution in [3.05, 3.63) is 4.88 Å². The molecule has 21 heavy (non-hydrogen) atoms. The number of amides is 1. The second kappa shape index (κ2) is 6.41. The first-order chi connectivity index (χ1) is 10.1. The van der Waals surface area contributed by atoms with Crippen molar-refractivity contribution >= 4 is 40.0 Å². The van der Waals surface area contributed by atoms with Gasteiger partial charge in [0.15, 0.2) is 5.13 Å². The van der Waals surface area contributed by atoms with Gasteiger partial charge in [0.25, 0.3) is 5.91 Å². The third kappa shape index (κ3) is 3.44. The van der Waals surface area contributed by atoms with Crippen LogP contribution in [0.15, 0.2) is 0 Å². The summed E-state index contributed by atoms with van der Waals surface area (Å²) in [6, 6.07) is 0.187.